The largest absolute Gasteiger partial charge is 0.361 e. The van der Waals surface area contributed by atoms with Crippen molar-refractivity contribution in [1.29, 1.82) is 0 Å². The van der Waals surface area contributed by atoms with Crippen LogP contribution in [0.5, 0.6) is 0 Å². The van der Waals surface area contributed by atoms with Crippen LogP contribution in [0.4, 0.5) is 5.13 Å². The second-order valence-corrected chi connectivity index (χ2v) is 6.68. The van der Waals surface area contributed by atoms with Gasteiger partial charge in [0.2, 0.25) is 0 Å². The number of amides is 1. The van der Waals surface area contributed by atoms with Crippen LogP contribution in [0.15, 0.2) is 24.3 Å². The highest BCUT2D eigenvalue weighted by Gasteiger charge is 2.15. The smallest absolute Gasteiger partial charge is 0.254 e. The highest BCUT2D eigenvalue weighted by molar-refractivity contribution is 7.15. The van der Waals surface area contributed by atoms with Gasteiger partial charge in [0.1, 0.15) is 0 Å². The molecule has 0 fully saturated rings. The molecule has 0 bridgehead atoms. The summed E-state index contributed by atoms with van der Waals surface area (Å²) in [5.41, 5.74) is 2.97. The van der Waals surface area contributed by atoms with Crippen LogP contribution >= 0.6 is 11.3 Å². The van der Waals surface area contributed by atoms with Crippen LogP contribution in [0.1, 0.15) is 40.3 Å². The SMILES string of the molecule is CCN(CC)C(=O)c1ccccc1CCNc1nc(C)c(C)s1. The van der Waals surface area contributed by atoms with Crippen LogP contribution in [0.25, 0.3) is 0 Å². The van der Waals surface area contributed by atoms with Crippen LogP contribution in [-0.2, 0) is 6.42 Å². The summed E-state index contributed by atoms with van der Waals surface area (Å²) in [4.78, 5) is 20.2. The number of carbonyl (C=O) groups is 1. The number of aryl methyl sites for hydroxylation is 2. The standard InChI is InChI=1S/C18H25N3OS/c1-5-21(6-2)17(22)16-10-8-7-9-15(16)11-12-19-18-20-13(3)14(4)23-18/h7-10H,5-6,11-12H2,1-4H3,(H,19,20). The molecule has 23 heavy (non-hydrogen) atoms. The Hall–Kier alpha value is -1.88. The number of benzene rings is 1. The Morgan fingerprint density at radius 3 is 2.52 bits per heavy atom. The number of nitrogens with one attached hydrogen (secondary N) is 1. The first-order valence-electron chi connectivity index (χ1n) is 8.11. The topological polar surface area (TPSA) is 45.2 Å². The lowest BCUT2D eigenvalue weighted by Crippen LogP contribution is -2.31. The molecule has 1 aromatic heterocycles. The third kappa shape index (κ3) is 4.32. The molecule has 0 aliphatic carbocycles. The van der Waals surface area contributed by atoms with E-state index in [2.05, 4.69) is 17.2 Å². The van der Waals surface area contributed by atoms with Crippen molar-refractivity contribution in [2.24, 2.45) is 0 Å². The molecule has 0 unspecified atom stereocenters. The maximum absolute atomic E-state index is 12.6. The predicted molar refractivity (Wildman–Crippen MR) is 97.5 cm³/mol. The Morgan fingerprint density at radius 1 is 1.22 bits per heavy atom. The summed E-state index contributed by atoms with van der Waals surface area (Å²) < 4.78 is 0. The first kappa shape index (κ1) is 17.5. The molecule has 4 nitrogen and oxygen atoms in total. The van der Waals surface area contributed by atoms with Crippen LogP contribution in [-0.4, -0.2) is 35.4 Å². The normalized spacial score (nSPS) is 10.6. The monoisotopic (exact) mass is 331 g/mol. The molecule has 0 saturated carbocycles. The highest BCUT2D eigenvalue weighted by atomic mass is 32.1. The van der Waals surface area contributed by atoms with Gasteiger partial charge in [0.05, 0.1) is 5.69 Å². The number of thiazole rings is 1. The lowest BCUT2D eigenvalue weighted by molar-refractivity contribution is 0.0772. The van der Waals surface area contributed by atoms with Gasteiger partial charge in [-0.25, -0.2) is 4.98 Å². The fraction of sp³-hybridized carbons (Fsp3) is 0.444. The Balaban J connectivity index is 2.04. The molecule has 1 heterocycles. The number of rotatable bonds is 7. The van der Waals surface area contributed by atoms with Crippen molar-refractivity contribution in [1.82, 2.24) is 9.88 Å². The molecule has 1 N–H and O–H groups in total. The van der Waals surface area contributed by atoms with E-state index in [0.29, 0.717) is 0 Å². The number of aromatic nitrogens is 1. The summed E-state index contributed by atoms with van der Waals surface area (Å²) in [6, 6.07) is 7.89. The highest BCUT2D eigenvalue weighted by Crippen LogP contribution is 2.21. The molecule has 0 saturated heterocycles. The first-order chi connectivity index (χ1) is 11.1. The summed E-state index contributed by atoms with van der Waals surface area (Å²) in [7, 11) is 0. The van der Waals surface area contributed by atoms with Crippen molar-refractivity contribution in [2.45, 2.75) is 34.1 Å². The molecule has 1 amide bonds. The van der Waals surface area contributed by atoms with Crippen LogP contribution < -0.4 is 5.32 Å². The lowest BCUT2D eigenvalue weighted by Gasteiger charge is -2.20. The molecule has 0 atom stereocenters. The van der Waals surface area contributed by atoms with E-state index >= 15 is 0 Å². The van der Waals surface area contributed by atoms with Gasteiger partial charge in [0.15, 0.2) is 5.13 Å². The van der Waals surface area contributed by atoms with Gasteiger partial charge in [-0.05, 0) is 45.7 Å². The molecule has 124 valence electrons. The van der Waals surface area contributed by atoms with E-state index in [1.807, 2.05) is 49.9 Å². The average Bonchev–Trinajstić information content (AvgIpc) is 2.87. The molecule has 2 rings (SSSR count). The van der Waals surface area contributed by atoms with Gasteiger partial charge in [-0.3, -0.25) is 4.79 Å². The summed E-state index contributed by atoms with van der Waals surface area (Å²) in [6.07, 6.45) is 0.806. The summed E-state index contributed by atoms with van der Waals surface area (Å²) in [5, 5.41) is 4.31. The van der Waals surface area contributed by atoms with E-state index in [0.717, 1.165) is 48.0 Å². The zero-order chi connectivity index (χ0) is 16.8. The fourth-order valence-electron chi connectivity index (χ4n) is 2.48. The maximum Gasteiger partial charge on any atom is 0.254 e. The van der Waals surface area contributed by atoms with Gasteiger partial charge in [0, 0.05) is 30.1 Å². The first-order valence-corrected chi connectivity index (χ1v) is 8.93. The Morgan fingerprint density at radius 2 is 1.91 bits per heavy atom. The lowest BCUT2D eigenvalue weighted by atomic mass is 10.0. The summed E-state index contributed by atoms with van der Waals surface area (Å²) >= 11 is 1.67. The second kappa shape index (κ2) is 8.11. The van der Waals surface area contributed by atoms with Crippen LogP contribution in [0, 0.1) is 13.8 Å². The molecule has 0 aliphatic rings. The van der Waals surface area contributed by atoms with Crippen LogP contribution in [0.2, 0.25) is 0 Å². The maximum atomic E-state index is 12.6. The second-order valence-electron chi connectivity index (χ2n) is 5.47. The average molecular weight is 331 g/mol. The molecule has 0 spiro atoms. The molecule has 0 aliphatic heterocycles. The van der Waals surface area contributed by atoms with E-state index < -0.39 is 0 Å². The zero-order valence-electron chi connectivity index (χ0n) is 14.3. The minimum absolute atomic E-state index is 0.117. The summed E-state index contributed by atoms with van der Waals surface area (Å²) in [6.45, 7) is 10.4. The molecule has 0 radical (unpaired) electrons. The Kier molecular flexibility index (Phi) is 6.16. The van der Waals surface area contributed by atoms with Crippen molar-refractivity contribution in [3.63, 3.8) is 0 Å². The Labute approximate surface area is 142 Å². The number of carbonyl (C=O) groups excluding carboxylic acids is 1. The van der Waals surface area contributed by atoms with Gasteiger partial charge in [-0.2, -0.15) is 0 Å². The molecule has 2 aromatic rings. The Bertz CT molecular complexity index is 643. The molecule has 1 aromatic carbocycles. The van der Waals surface area contributed by atoms with Gasteiger partial charge in [0.25, 0.3) is 5.91 Å². The van der Waals surface area contributed by atoms with Gasteiger partial charge in [-0.15, -0.1) is 11.3 Å². The fourth-order valence-corrected chi connectivity index (χ4v) is 3.32. The van der Waals surface area contributed by atoms with Crippen molar-refractivity contribution in [2.75, 3.05) is 25.0 Å². The minimum Gasteiger partial charge on any atom is -0.361 e. The summed E-state index contributed by atoms with van der Waals surface area (Å²) in [5.74, 6) is 0.117. The molecular formula is C18H25N3OS. The number of anilines is 1. The van der Waals surface area contributed by atoms with E-state index in [1.54, 1.807) is 11.3 Å². The van der Waals surface area contributed by atoms with Crippen molar-refractivity contribution in [3.8, 4) is 0 Å². The zero-order valence-corrected chi connectivity index (χ0v) is 15.2. The van der Waals surface area contributed by atoms with Gasteiger partial charge >= 0.3 is 0 Å². The minimum atomic E-state index is 0.117. The van der Waals surface area contributed by atoms with E-state index in [9.17, 15) is 4.79 Å². The predicted octanol–water partition coefficient (Wildman–Crippen LogP) is 3.90. The van der Waals surface area contributed by atoms with Crippen molar-refractivity contribution in [3.05, 3.63) is 46.0 Å². The number of hydrogen-bond acceptors (Lipinski definition) is 4. The van der Waals surface area contributed by atoms with E-state index in [4.69, 9.17) is 0 Å². The van der Waals surface area contributed by atoms with Crippen LogP contribution in [0.3, 0.4) is 0 Å². The van der Waals surface area contributed by atoms with Crippen molar-refractivity contribution < 1.29 is 4.79 Å². The van der Waals surface area contributed by atoms with Crippen molar-refractivity contribution >= 4 is 22.4 Å². The van der Waals surface area contributed by atoms with Gasteiger partial charge < -0.3 is 10.2 Å². The quantitative estimate of drug-likeness (QED) is 0.837. The number of hydrogen-bond donors (Lipinski definition) is 1. The molecule has 5 heteroatoms. The third-order valence-corrected chi connectivity index (χ3v) is 5.03. The van der Waals surface area contributed by atoms with Gasteiger partial charge in [-0.1, -0.05) is 18.2 Å². The third-order valence-electron chi connectivity index (χ3n) is 4.00. The molecular weight excluding hydrogens is 306 g/mol. The van der Waals surface area contributed by atoms with E-state index in [1.165, 1.54) is 4.88 Å². The van der Waals surface area contributed by atoms with E-state index in [-0.39, 0.29) is 5.91 Å². The number of nitrogens with zero attached hydrogens (tertiary/aromatic N) is 2.